The van der Waals surface area contributed by atoms with Gasteiger partial charge in [0.05, 0.1) is 10.7 Å². The van der Waals surface area contributed by atoms with Gasteiger partial charge in [0.1, 0.15) is 0 Å². The summed E-state index contributed by atoms with van der Waals surface area (Å²) >= 11 is 5.87. The summed E-state index contributed by atoms with van der Waals surface area (Å²) in [4.78, 5) is 12.2. The van der Waals surface area contributed by atoms with Crippen LogP contribution >= 0.6 is 11.6 Å². The Labute approximate surface area is 119 Å². The van der Waals surface area contributed by atoms with E-state index in [0.29, 0.717) is 10.7 Å². The molecular weight excluding hydrogens is 260 g/mol. The summed E-state index contributed by atoms with van der Waals surface area (Å²) in [5.74, 6) is 0.251. The van der Waals surface area contributed by atoms with Crippen LogP contribution in [0, 0.1) is 5.92 Å². The van der Waals surface area contributed by atoms with Crippen molar-refractivity contribution in [1.82, 2.24) is 0 Å². The van der Waals surface area contributed by atoms with Crippen molar-refractivity contribution >= 4 is 28.9 Å². The molecule has 3 nitrogen and oxygen atoms in total. The smallest absolute Gasteiger partial charge is 0.227 e. The fourth-order valence-electron chi connectivity index (χ4n) is 2.58. The summed E-state index contributed by atoms with van der Waals surface area (Å²) in [5.41, 5.74) is 6.97. The van der Waals surface area contributed by atoms with E-state index in [0.717, 1.165) is 31.4 Å². The van der Waals surface area contributed by atoms with E-state index in [1.165, 1.54) is 19.3 Å². The average Bonchev–Trinajstić information content (AvgIpc) is 2.33. The molecule has 19 heavy (non-hydrogen) atoms. The van der Waals surface area contributed by atoms with Crippen LogP contribution in [0.3, 0.4) is 0 Å². The summed E-state index contributed by atoms with van der Waals surface area (Å²) in [6, 6.07) is 5.22. The maximum Gasteiger partial charge on any atom is 0.227 e. The number of nitrogen functional groups attached to an aromatic ring is 1. The minimum absolute atomic E-state index is 0.114. The number of nitrogens with one attached hydrogen (secondary N) is 1. The highest BCUT2D eigenvalue weighted by Gasteiger charge is 2.19. The van der Waals surface area contributed by atoms with Crippen LogP contribution in [0.5, 0.6) is 0 Å². The predicted molar refractivity (Wildman–Crippen MR) is 80.3 cm³/mol. The number of nitrogens with two attached hydrogens (primary N) is 1. The Kier molecular flexibility index (Phi) is 5.08. The van der Waals surface area contributed by atoms with E-state index in [4.69, 9.17) is 17.3 Å². The van der Waals surface area contributed by atoms with Gasteiger partial charge >= 0.3 is 0 Å². The van der Waals surface area contributed by atoms with E-state index in [-0.39, 0.29) is 11.8 Å². The molecule has 1 aliphatic rings. The van der Waals surface area contributed by atoms with Crippen molar-refractivity contribution < 1.29 is 4.79 Å². The zero-order valence-corrected chi connectivity index (χ0v) is 11.9. The van der Waals surface area contributed by atoms with Crippen molar-refractivity contribution in [2.24, 2.45) is 5.92 Å². The SMILES string of the molecule is Nc1cc(NC(=O)C2CCCCCCC2)ccc1Cl. The minimum atomic E-state index is 0.114. The molecule has 0 unspecified atom stereocenters. The maximum absolute atomic E-state index is 12.2. The highest BCUT2D eigenvalue weighted by molar-refractivity contribution is 6.33. The molecule has 0 spiro atoms. The van der Waals surface area contributed by atoms with Gasteiger partial charge in [-0.1, -0.05) is 43.7 Å². The third kappa shape index (κ3) is 4.13. The molecule has 1 saturated carbocycles. The molecule has 4 heteroatoms. The van der Waals surface area contributed by atoms with Gasteiger partial charge in [-0.2, -0.15) is 0 Å². The number of carbonyl (C=O) groups excluding carboxylic acids is 1. The molecule has 1 aromatic rings. The second kappa shape index (κ2) is 6.80. The van der Waals surface area contributed by atoms with Crippen LogP contribution < -0.4 is 11.1 Å². The van der Waals surface area contributed by atoms with Crippen LogP contribution in [0.15, 0.2) is 18.2 Å². The molecule has 0 aliphatic heterocycles. The Bertz CT molecular complexity index is 440. The Morgan fingerprint density at radius 3 is 2.42 bits per heavy atom. The van der Waals surface area contributed by atoms with Crippen LogP contribution in [-0.2, 0) is 4.79 Å². The summed E-state index contributed by atoms with van der Waals surface area (Å²) < 4.78 is 0. The van der Waals surface area contributed by atoms with Crippen LogP contribution in [0.4, 0.5) is 11.4 Å². The fraction of sp³-hybridized carbons (Fsp3) is 0.533. The minimum Gasteiger partial charge on any atom is -0.397 e. The predicted octanol–water partition coefficient (Wildman–Crippen LogP) is 4.22. The third-order valence-electron chi connectivity index (χ3n) is 3.74. The number of hydrogen-bond acceptors (Lipinski definition) is 2. The summed E-state index contributed by atoms with van der Waals surface area (Å²) in [6.07, 6.45) is 8.10. The molecule has 0 saturated heterocycles. The molecule has 2 rings (SSSR count). The number of benzene rings is 1. The lowest BCUT2D eigenvalue weighted by atomic mass is 9.90. The van der Waals surface area contributed by atoms with Gasteiger partial charge in [-0.05, 0) is 31.0 Å². The number of hydrogen-bond donors (Lipinski definition) is 2. The summed E-state index contributed by atoms with van der Waals surface area (Å²) in [5, 5.41) is 3.47. The Morgan fingerprint density at radius 1 is 1.16 bits per heavy atom. The van der Waals surface area contributed by atoms with Gasteiger partial charge < -0.3 is 11.1 Å². The molecular formula is C15H21ClN2O. The van der Waals surface area contributed by atoms with Gasteiger partial charge in [-0.15, -0.1) is 0 Å². The van der Waals surface area contributed by atoms with Crippen molar-refractivity contribution in [3.8, 4) is 0 Å². The van der Waals surface area contributed by atoms with Crippen molar-refractivity contribution in [3.05, 3.63) is 23.2 Å². The van der Waals surface area contributed by atoms with E-state index >= 15 is 0 Å². The van der Waals surface area contributed by atoms with Gasteiger partial charge in [0.15, 0.2) is 0 Å². The van der Waals surface area contributed by atoms with E-state index < -0.39 is 0 Å². The molecule has 1 amide bonds. The quantitative estimate of drug-likeness (QED) is 0.797. The van der Waals surface area contributed by atoms with Crippen LogP contribution in [-0.4, -0.2) is 5.91 Å². The molecule has 0 atom stereocenters. The maximum atomic E-state index is 12.2. The Hall–Kier alpha value is -1.22. The first-order chi connectivity index (χ1) is 9.16. The number of halogens is 1. The zero-order chi connectivity index (χ0) is 13.7. The van der Waals surface area contributed by atoms with Gasteiger partial charge in [-0.3, -0.25) is 4.79 Å². The summed E-state index contributed by atoms with van der Waals surface area (Å²) in [7, 11) is 0. The van der Waals surface area contributed by atoms with Crippen molar-refractivity contribution in [3.63, 3.8) is 0 Å². The number of anilines is 2. The lowest BCUT2D eigenvalue weighted by Crippen LogP contribution is -2.23. The highest BCUT2D eigenvalue weighted by atomic mass is 35.5. The molecule has 1 aliphatic carbocycles. The van der Waals surface area contributed by atoms with E-state index in [1.54, 1.807) is 18.2 Å². The van der Waals surface area contributed by atoms with E-state index in [2.05, 4.69) is 5.32 Å². The van der Waals surface area contributed by atoms with Crippen molar-refractivity contribution in [1.29, 1.82) is 0 Å². The monoisotopic (exact) mass is 280 g/mol. The third-order valence-corrected chi connectivity index (χ3v) is 4.08. The van der Waals surface area contributed by atoms with Crippen LogP contribution in [0.1, 0.15) is 44.9 Å². The molecule has 0 aromatic heterocycles. The van der Waals surface area contributed by atoms with E-state index in [9.17, 15) is 4.79 Å². The number of amides is 1. The van der Waals surface area contributed by atoms with E-state index in [1.807, 2.05) is 0 Å². The van der Waals surface area contributed by atoms with Crippen LogP contribution in [0.2, 0.25) is 5.02 Å². The standard InChI is InChI=1S/C15H21ClN2O/c16-13-9-8-12(10-14(13)17)18-15(19)11-6-4-2-1-3-5-7-11/h8-11H,1-7,17H2,(H,18,19). The number of carbonyl (C=O) groups is 1. The fourth-order valence-corrected chi connectivity index (χ4v) is 2.70. The molecule has 0 bridgehead atoms. The first-order valence-corrected chi connectivity index (χ1v) is 7.40. The topological polar surface area (TPSA) is 55.1 Å². The van der Waals surface area contributed by atoms with Crippen LogP contribution in [0.25, 0.3) is 0 Å². The largest absolute Gasteiger partial charge is 0.397 e. The molecule has 104 valence electrons. The van der Waals surface area contributed by atoms with Crippen molar-refractivity contribution in [2.45, 2.75) is 44.9 Å². The average molecular weight is 281 g/mol. The molecule has 3 N–H and O–H groups in total. The lowest BCUT2D eigenvalue weighted by Gasteiger charge is -2.19. The second-order valence-corrected chi connectivity index (χ2v) is 5.67. The first-order valence-electron chi connectivity index (χ1n) is 7.02. The highest BCUT2D eigenvalue weighted by Crippen LogP contribution is 2.26. The zero-order valence-electron chi connectivity index (χ0n) is 11.1. The molecule has 1 aromatic carbocycles. The van der Waals surface area contributed by atoms with Gasteiger partial charge in [-0.25, -0.2) is 0 Å². The Balaban J connectivity index is 1.96. The number of rotatable bonds is 2. The molecule has 0 heterocycles. The first kappa shape index (κ1) is 14.2. The second-order valence-electron chi connectivity index (χ2n) is 5.27. The summed E-state index contributed by atoms with van der Waals surface area (Å²) in [6.45, 7) is 0. The van der Waals surface area contributed by atoms with Crippen molar-refractivity contribution in [2.75, 3.05) is 11.1 Å². The molecule has 0 radical (unpaired) electrons. The Morgan fingerprint density at radius 2 is 1.79 bits per heavy atom. The van der Waals surface area contributed by atoms with Gasteiger partial charge in [0.25, 0.3) is 0 Å². The van der Waals surface area contributed by atoms with Gasteiger partial charge in [0, 0.05) is 11.6 Å². The molecule has 1 fully saturated rings. The lowest BCUT2D eigenvalue weighted by molar-refractivity contribution is -0.120. The normalized spacial score (nSPS) is 17.5. The van der Waals surface area contributed by atoms with Gasteiger partial charge in [0.2, 0.25) is 5.91 Å².